The topological polar surface area (TPSA) is 123 Å². The van der Waals surface area contributed by atoms with Crippen LogP contribution in [0.2, 0.25) is 0 Å². The van der Waals surface area contributed by atoms with Crippen LogP contribution in [-0.2, 0) is 11.8 Å². The summed E-state index contributed by atoms with van der Waals surface area (Å²) in [7, 11) is 3.55. The molecule has 10 heteroatoms. The van der Waals surface area contributed by atoms with Gasteiger partial charge in [-0.15, -0.1) is 0 Å². The molecule has 38 heavy (non-hydrogen) atoms. The average Bonchev–Trinajstić information content (AvgIpc) is 3.69. The molecule has 1 atom stereocenters. The normalized spacial score (nSPS) is 12.0. The predicted octanol–water partition coefficient (Wildman–Crippen LogP) is 4.42. The van der Waals surface area contributed by atoms with E-state index in [-0.39, 0.29) is 23.9 Å². The molecule has 0 bridgehead atoms. The molecule has 4 rings (SSSR count). The number of nitrogens with zero attached hydrogens (tertiary/aromatic N) is 5. The van der Waals surface area contributed by atoms with Crippen molar-refractivity contribution in [3.63, 3.8) is 0 Å². The molecule has 10 nitrogen and oxygen atoms in total. The lowest BCUT2D eigenvalue weighted by molar-refractivity contribution is -0.120. The van der Waals surface area contributed by atoms with E-state index in [1.807, 2.05) is 57.4 Å². The van der Waals surface area contributed by atoms with Gasteiger partial charge in [-0.3, -0.25) is 19.0 Å². The quantitative estimate of drug-likeness (QED) is 0.241. The minimum absolute atomic E-state index is 0.0433. The number of hydrogen-bond acceptors (Lipinski definition) is 5. The number of aromatic nitrogens is 6. The molecule has 200 valence electrons. The molecule has 0 radical (unpaired) electrons. The van der Waals surface area contributed by atoms with Crippen molar-refractivity contribution in [2.24, 2.45) is 7.05 Å². The summed E-state index contributed by atoms with van der Waals surface area (Å²) in [5.41, 5.74) is 4.35. The smallest absolute Gasteiger partial charge is 0.255 e. The largest absolute Gasteiger partial charge is 0.359 e. The van der Waals surface area contributed by atoms with Gasteiger partial charge in [-0.1, -0.05) is 37.1 Å². The first-order valence-electron chi connectivity index (χ1n) is 13.0. The van der Waals surface area contributed by atoms with E-state index in [1.165, 1.54) is 0 Å². The molecular formula is C28H36N8O2. The second-order valence-corrected chi connectivity index (χ2v) is 9.74. The number of imidazole rings is 1. The molecule has 1 unspecified atom stereocenters. The molecule has 0 aliphatic heterocycles. The average molecular weight is 517 g/mol. The van der Waals surface area contributed by atoms with Crippen LogP contribution in [0, 0.1) is 0 Å². The van der Waals surface area contributed by atoms with Crippen molar-refractivity contribution in [3.8, 4) is 22.5 Å². The molecule has 4 aromatic rings. The highest BCUT2D eigenvalue weighted by atomic mass is 16.2. The van der Waals surface area contributed by atoms with Crippen LogP contribution in [-0.4, -0.2) is 48.4 Å². The third-order valence-corrected chi connectivity index (χ3v) is 6.50. The highest BCUT2D eigenvalue weighted by Gasteiger charge is 2.20. The molecular weight excluding hydrogens is 480 g/mol. The molecule has 1 aromatic carbocycles. The maximum absolute atomic E-state index is 13.1. The minimum atomic E-state index is -0.300. The van der Waals surface area contributed by atoms with Gasteiger partial charge in [0.1, 0.15) is 5.82 Å². The summed E-state index contributed by atoms with van der Waals surface area (Å²) < 4.78 is 3.55. The van der Waals surface area contributed by atoms with Crippen LogP contribution in [0.5, 0.6) is 0 Å². The molecule has 3 aromatic heterocycles. The molecule has 0 saturated carbocycles. The number of carbonyl (C=O) groups is 2. The van der Waals surface area contributed by atoms with Gasteiger partial charge in [-0.25, -0.2) is 4.98 Å². The predicted molar refractivity (Wildman–Crippen MR) is 146 cm³/mol. The summed E-state index contributed by atoms with van der Waals surface area (Å²) in [4.78, 5) is 32.6. The van der Waals surface area contributed by atoms with E-state index < -0.39 is 0 Å². The number of H-pyrrole nitrogens is 1. The Hall–Kier alpha value is -4.21. The van der Waals surface area contributed by atoms with Crippen molar-refractivity contribution in [3.05, 3.63) is 66.5 Å². The molecule has 3 heterocycles. The Bertz CT molecular complexity index is 1350. The number of aromatic amines is 1. The van der Waals surface area contributed by atoms with Gasteiger partial charge in [0.25, 0.3) is 5.91 Å². The highest BCUT2D eigenvalue weighted by Crippen LogP contribution is 2.25. The SMILES string of the molecule is CNC(=O)CCCCCC(NC(=O)c1cnn(C(C)C)c1)c1ncc(-c2ccc(-c3ccn(C)n3)cc2)[nH]1. The highest BCUT2D eigenvalue weighted by molar-refractivity contribution is 5.93. The van der Waals surface area contributed by atoms with E-state index in [1.54, 1.807) is 35.0 Å². The van der Waals surface area contributed by atoms with Crippen molar-refractivity contribution in [2.45, 2.75) is 58.0 Å². The fourth-order valence-electron chi connectivity index (χ4n) is 4.24. The fraction of sp³-hybridized carbons (Fsp3) is 0.393. The number of hydrogen-bond donors (Lipinski definition) is 3. The second kappa shape index (κ2) is 12.4. The zero-order valence-electron chi connectivity index (χ0n) is 22.4. The first-order valence-corrected chi connectivity index (χ1v) is 13.0. The summed E-state index contributed by atoms with van der Waals surface area (Å²) in [6, 6.07) is 10.0. The number of carbonyl (C=O) groups excluding carboxylic acids is 2. The lowest BCUT2D eigenvalue weighted by Crippen LogP contribution is -2.29. The first-order chi connectivity index (χ1) is 18.3. The third-order valence-electron chi connectivity index (χ3n) is 6.50. The van der Waals surface area contributed by atoms with E-state index in [0.717, 1.165) is 41.8 Å². The Morgan fingerprint density at radius 2 is 1.79 bits per heavy atom. The molecule has 3 N–H and O–H groups in total. The lowest BCUT2D eigenvalue weighted by atomic mass is 10.1. The Morgan fingerprint density at radius 3 is 2.45 bits per heavy atom. The van der Waals surface area contributed by atoms with Crippen LogP contribution in [0.4, 0.5) is 0 Å². The van der Waals surface area contributed by atoms with Gasteiger partial charge >= 0.3 is 0 Å². The zero-order chi connectivity index (χ0) is 27.1. The number of nitrogens with one attached hydrogen (secondary N) is 3. The van der Waals surface area contributed by atoms with Crippen LogP contribution >= 0.6 is 0 Å². The van der Waals surface area contributed by atoms with E-state index >= 15 is 0 Å². The van der Waals surface area contributed by atoms with E-state index in [0.29, 0.717) is 24.2 Å². The van der Waals surface area contributed by atoms with Gasteiger partial charge in [0.2, 0.25) is 5.91 Å². The zero-order valence-corrected chi connectivity index (χ0v) is 22.4. The standard InChI is InChI=1S/C28H36N8O2/c1-19(2)36-18-22(16-31-36)28(38)33-24(8-6-5-7-9-26(37)29-3)27-30-17-25(32-27)21-12-10-20(11-13-21)23-14-15-35(4)34-23/h10-19,24H,5-9H2,1-4H3,(H,29,37)(H,30,32)(H,33,38). The number of amides is 2. The Morgan fingerprint density at radius 1 is 1.03 bits per heavy atom. The molecule has 0 spiro atoms. The molecule has 0 saturated heterocycles. The Kier molecular flexibility index (Phi) is 8.73. The minimum Gasteiger partial charge on any atom is -0.359 e. The van der Waals surface area contributed by atoms with Crippen LogP contribution in [0.25, 0.3) is 22.5 Å². The van der Waals surface area contributed by atoms with Gasteiger partial charge in [0.05, 0.1) is 35.4 Å². The van der Waals surface area contributed by atoms with E-state index in [9.17, 15) is 9.59 Å². The number of aryl methyl sites for hydroxylation is 1. The third kappa shape index (κ3) is 6.76. The van der Waals surface area contributed by atoms with Crippen LogP contribution in [0.15, 0.2) is 55.1 Å². The summed E-state index contributed by atoms with van der Waals surface area (Å²) in [5, 5.41) is 14.5. The summed E-state index contributed by atoms with van der Waals surface area (Å²) in [6.07, 6.45) is 10.8. The van der Waals surface area contributed by atoms with Crippen molar-refractivity contribution in [1.29, 1.82) is 0 Å². The van der Waals surface area contributed by atoms with Crippen molar-refractivity contribution in [1.82, 2.24) is 40.2 Å². The van der Waals surface area contributed by atoms with E-state index in [4.69, 9.17) is 0 Å². The van der Waals surface area contributed by atoms with Gasteiger partial charge in [-0.2, -0.15) is 10.2 Å². The van der Waals surface area contributed by atoms with Crippen LogP contribution in [0.3, 0.4) is 0 Å². The van der Waals surface area contributed by atoms with Crippen LogP contribution < -0.4 is 10.6 Å². The Balaban J connectivity index is 1.47. The summed E-state index contributed by atoms with van der Waals surface area (Å²) in [6.45, 7) is 4.03. The first kappa shape index (κ1) is 26.8. The maximum Gasteiger partial charge on any atom is 0.255 e. The molecule has 0 fully saturated rings. The fourth-order valence-corrected chi connectivity index (χ4v) is 4.24. The lowest BCUT2D eigenvalue weighted by Gasteiger charge is -2.16. The van der Waals surface area contributed by atoms with Gasteiger partial charge < -0.3 is 15.6 Å². The van der Waals surface area contributed by atoms with Crippen molar-refractivity contribution >= 4 is 11.8 Å². The summed E-state index contributed by atoms with van der Waals surface area (Å²) in [5.74, 6) is 0.552. The molecule has 0 aliphatic carbocycles. The number of benzene rings is 1. The van der Waals surface area contributed by atoms with Gasteiger partial charge in [-0.05, 0) is 38.3 Å². The van der Waals surface area contributed by atoms with Gasteiger partial charge in [0.15, 0.2) is 0 Å². The number of rotatable bonds is 12. The monoisotopic (exact) mass is 516 g/mol. The maximum atomic E-state index is 13.1. The number of unbranched alkanes of at least 4 members (excludes halogenated alkanes) is 2. The Labute approximate surface area is 222 Å². The van der Waals surface area contributed by atoms with E-state index in [2.05, 4.69) is 30.8 Å². The molecule has 0 aliphatic rings. The van der Waals surface area contributed by atoms with Crippen molar-refractivity contribution < 1.29 is 9.59 Å². The molecule has 2 amide bonds. The summed E-state index contributed by atoms with van der Waals surface area (Å²) >= 11 is 0. The van der Waals surface area contributed by atoms with Crippen molar-refractivity contribution in [2.75, 3.05) is 7.05 Å². The second-order valence-electron chi connectivity index (χ2n) is 9.74. The van der Waals surface area contributed by atoms with Gasteiger partial charge in [0, 0.05) is 44.5 Å². The van der Waals surface area contributed by atoms with Crippen LogP contribution in [0.1, 0.15) is 74.2 Å².